The molecule has 1 aliphatic heterocycles. The molecule has 0 unspecified atom stereocenters. The summed E-state index contributed by atoms with van der Waals surface area (Å²) in [5.41, 5.74) is 7.35. The van der Waals surface area contributed by atoms with Gasteiger partial charge in [0.1, 0.15) is 5.54 Å². The number of nitrogens with zero attached hydrogens (tertiary/aromatic N) is 2. The zero-order valence-corrected chi connectivity index (χ0v) is 28.2. The second-order valence-corrected chi connectivity index (χ2v) is 13.6. The van der Waals surface area contributed by atoms with Gasteiger partial charge in [-0.15, -0.1) is 0 Å². The molecule has 240 valence electrons. The number of hydrogen-bond donors (Lipinski definition) is 0. The van der Waals surface area contributed by atoms with E-state index in [1.807, 2.05) is 42.5 Å². The summed E-state index contributed by atoms with van der Waals surface area (Å²) in [7, 11) is 0. The molecule has 0 saturated heterocycles. The molecule has 0 radical (unpaired) electrons. The largest absolute Gasteiger partial charge is 0.322 e. The van der Waals surface area contributed by atoms with Crippen molar-refractivity contribution in [3.63, 3.8) is 0 Å². The molecule has 4 nitrogen and oxygen atoms in total. The molecule has 8 rings (SSSR count). The number of hydrogen-bond acceptors (Lipinski definition) is 2. The van der Waals surface area contributed by atoms with E-state index in [2.05, 4.69) is 135 Å². The molecule has 0 atom stereocenters. The van der Waals surface area contributed by atoms with Crippen molar-refractivity contribution >= 4 is 39.3 Å². The van der Waals surface area contributed by atoms with Crippen LogP contribution in [0.1, 0.15) is 88.1 Å². The number of fused-ring (bicyclic) bond motifs is 4. The van der Waals surface area contributed by atoms with Crippen LogP contribution in [0.3, 0.4) is 0 Å². The van der Waals surface area contributed by atoms with Crippen LogP contribution >= 0.6 is 0 Å². The van der Waals surface area contributed by atoms with E-state index < -0.39 is 5.54 Å². The van der Waals surface area contributed by atoms with Crippen LogP contribution in [0.5, 0.6) is 0 Å². The third kappa shape index (κ3) is 4.44. The molecule has 1 aliphatic rings. The molecule has 2 heterocycles. The van der Waals surface area contributed by atoms with E-state index in [9.17, 15) is 4.79 Å². The second-order valence-electron chi connectivity index (χ2n) is 13.6. The van der Waals surface area contributed by atoms with Gasteiger partial charge in [-0.2, -0.15) is 0 Å². The number of benzene rings is 6. The highest BCUT2D eigenvalue weighted by Crippen LogP contribution is 2.50. The molecular weight excluding hydrogens is 601 g/mol. The molecule has 0 saturated carbocycles. The maximum Gasteiger partial charge on any atom is 0.266 e. The average molecular weight is 639 g/mol. The molecule has 2 amide bonds. The van der Waals surface area contributed by atoms with Gasteiger partial charge < -0.3 is 4.57 Å². The van der Waals surface area contributed by atoms with Crippen LogP contribution in [0, 0.1) is 0 Å². The molecule has 1 aromatic heterocycles. The Morgan fingerprint density at radius 1 is 0.490 bits per heavy atom. The maximum absolute atomic E-state index is 15.3. The number of amides is 2. The number of para-hydroxylation sites is 3. The highest BCUT2D eigenvalue weighted by molar-refractivity contribution is 6.35. The normalized spacial score (nSPS) is 13.3. The standard InChI is InChI=1S/C45H38N2O2/c1-29(2)33-23-15-24-34(30(3)4)42(33)46-43(48)37-25-16-26-38(41(37)44(46)49)45(31-17-7-5-8-18-31,32-19-9-6-10-20-32)47-39-27-13-11-21-35(39)36-22-12-14-28-40(36)47/h5-30H,1-4H3. The summed E-state index contributed by atoms with van der Waals surface area (Å²) in [6.45, 7) is 8.46. The number of rotatable bonds is 7. The van der Waals surface area contributed by atoms with Crippen molar-refractivity contribution in [2.24, 2.45) is 0 Å². The fourth-order valence-electron chi connectivity index (χ4n) is 8.06. The van der Waals surface area contributed by atoms with E-state index in [0.29, 0.717) is 16.8 Å². The highest BCUT2D eigenvalue weighted by atomic mass is 16.2. The zero-order chi connectivity index (χ0) is 33.9. The quantitative estimate of drug-likeness (QED) is 0.129. The molecule has 6 aromatic carbocycles. The SMILES string of the molecule is CC(C)c1cccc(C(C)C)c1N1C(=O)c2cccc(C(c3ccccc3)(c3ccccc3)n3c4ccccc4c4ccccc43)c2C1=O. The van der Waals surface area contributed by atoms with E-state index in [1.54, 1.807) is 0 Å². The van der Waals surface area contributed by atoms with Crippen LogP contribution in [-0.2, 0) is 5.54 Å². The molecule has 0 N–H and O–H groups in total. The Bertz CT molecular complexity index is 2270. The molecule has 0 aliphatic carbocycles. The summed E-state index contributed by atoms with van der Waals surface area (Å²) >= 11 is 0. The third-order valence-electron chi connectivity index (χ3n) is 10.2. The van der Waals surface area contributed by atoms with Crippen LogP contribution in [-0.4, -0.2) is 16.4 Å². The van der Waals surface area contributed by atoms with Crippen molar-refractivity contribution in [3.8, 4) is 0 Å². The Labute approximate surface area is 287 Å². The first kappa shape index (κ1) is 30.6. The molecule has 4 heteroatoms. The van der Waals surface area contributed by atoms with Crippen LogP contribution in [0.2, 0.25) is 0 Å². The van der Waals surface area contributed by atoms with Crippen molar-refractivity contribution in [2.75, 3.05) is 4.90 Å². The van der Waals surface area contributed by atoms with E-state index >= 15 is 4.79 Å². The lowest BCUT2D eigenvalue weighted by Gasteiger charge is -2.40. The summed E-state index contributed by atoms with van der Waals surface area (Å²) in [5, 5.41) is 2.25. The van der Waals surface area contributed by atoms with Gasteiger partial charge in [0.15, 0.2) is 0 Å². The van der Waals surface area contributed by atoms with E-state index in [4.69, 9.17) is 0 Å². The minimum absolute atomic E-state index is 0.114. The van der Waals surface area contributed by atoms with E-state index in [0.717, 1.165) is 49.6 Å². The van der Waals surface area contributed by atoms with E-state index in [1.165, 1.54) is 4.90 Å². The molecule has 49 heavy (non-hydrogen) atoms. The van der Waals surface area contributed by atoms with Gasteiger partial charge in [0.2, 0.25) is 0 Å². The Morgan fingerprint density at radius 3 is 1.47 bits per heavy atom. The molecule has 7 aromatic rings. The minimum Gasteiger partial charge on any atom is -0.322 e. The Morgan fingerprint density at radius 2 is 0.959 bits per heavy atom. The number of anilines is 1. The number of imide groups is 1. The predicted octanol–water partition coefficient (Wildman–Crippen LogP) is 10.7. The van der Waals surface area contributed by atoms with E-state index in [-0.39, 0.29) is 23.7 Å². The second kappa shape index (κ2) is 11.7. The van der Waals surface area contributed by atoms with Gasteiger partial charge in [0.25, 0.3) is 11.8 Å². The fourth-order valence-corrected chi connectivity index (χ4v) is 8.06. The summed E-state index contributed by atoms with van der Waals surface area (Å²) < 4.78 is 2.39. The molecular formula is C45H38N2O2. The first-order valence-corrected chi connectivity index (χ1v) is 17.1. The van der Waals surface area contributed by atoms with Crippen LogP contribution < -0.4 is 4.90 Å². The molecule has 0 spiro atoms. The van der Waals surface area contributed by atoms with Gasteiger partial charge in [-0.3, -0.25) is 9.59 Å². The van der Waals surface area contributed by atoms with Gasteiger partial charge in [-0.05, 0) is 52.3 Å². The first-order chi connectivity index (χ1) is 23.9. The summed E-state index contributed by atoms with van der Waals surface area (Å²) in [5.74, 6) is -0.345. The number of aromatic nitrogens is 1. The summed E-state index contributed by atoms with van der Waals surface area (Å²) in [4.78, 5) is 31.5. The average Bonchev–Trinajstić information content (AvgIpc) is 3.60. The van der Waals surface area contributed by atoms with Crippen molar-refractivity contribution in [1.29, 1.82) is 0 Å². The fraction of sp³-hybridized carbons (Fsp3) is 0.156. The van der Waals surface area contributed by atoms with Crippen molar-refractivity contribution in [1.82, 2.24) is 4.57 Å². The topological polar surface area (TPSA) is 42.3 Å². The third-order valence-corrected chi connectivity index (χ3v) is 10.2. The Balaban J connectivity index is 1.53. The van der Waals surface area contributed by atoms with Gasteiger partial charge >= 0.3 is 0 Å². The van der Waals surface area contributed by atoms with Crippen molar-refractivity contribution in [3.05, 3.63) is 185 Å². The smallest absolute Gasteiger partial charge is 0.266 e. The van der Waals surface area contributed by atoms with Gasteiger partial charge in [-0.25, -0.2) is 4.90 Å². The first-order valence-electron chi connectivity index (χ1n) is 17.1. The monoisotopic (exact) mass is 638 g/mol. The summed E-state index contributed by atoms with van der Waals surface area (Å²) in [6, 6.07) is 49.7. The van der Waals surface area contributed by atoms with Crippen molar-refractivity contribution in [2.45, 2.75) is 45.1 Å². The van der Waals surface area contributed by atoms with Crippen LogP contribution in [0.4, 0.5) is 5.69 Å². The summed E-state index contributed by atoms with van der Waals surface area (Å²) in [6.07, 6.45) is 0. The Hall–Kier alpha value is -5.74. The van der Waals surface area contributed by atoms with Gasteiger partial charge in [0, 0.05) is 16.3 Å². The highest BCUT2D eigenvalue weighted by Gasteiger charge is 2.48. The van der Waals surface area contributed by atoms with Crippen LogP contribution in [0.25, 0.3) is 21.8 Å². The van der Waals surface area contributed by atoms with Gasteiger partial charge in [0.05, 0.1) is 27.8 Å². The van der Waals surface area contributed by atoms with Crippen LogP contribution in [0.15, 0.2) is 146 Å². The Kier molecular flexibility index (Phi) is 7.33. The lowest BCUT2D eigenvalue weighted by molar-refractivity contribution is 0.0925. The molecule has 0 bridgehead atoms. The zero-order valence-electron chi connectivity index (χ0n) is 28.2. The number of carbonyl (C=O) groups is 2. The lowest BCUT2D eigenvalue weighted by Crippen LogP contribution is -2.39. The van der Waals surface area contributed by atoms with Crippen molar-refractivity contribution < 1.29 is 9.59 Å². The lowest BCUT2D eigenvalue weighted by atomic mass is 9.74. The molecule has 0 fully saturated rings. The maximum atomic E-state index is 15.3. The number of carbonyl (C=O) groups excluding carboxylic acids is 2. The van der Waals surface area contributed by atoms with Gasteiger partial charge in [-0.1, -0.05) is 155 Å². The minimum atomic E-state index is -1.03. The predicted molar refractivity (Wildman–Crippen MR) is 200 cm³/mol.